The maximum atomic E-state index is 13.1. The maximum absolute atomic E-state index is 13.1. The first-order chi connectivity index (χ1) is 11.6. The summed E-state index contributed by atoms with van der Waals surface area (Å²) in [6.07, 6.45) is 0.778. The van der Waals surface area contributed by atoms with E-state index in [0.29, 0.717) is 18.2 Å². The highest BCUT2D eigenvalue weighted by molar-refractivity contribution is 14.0. The van der Waals surface area contributed by atoms with E-state index >= 15 is 0 Å². The molecule has 6 nitrogen and oxygen atoms in total. The van der Waals surface area contributed by atoms with E-state index in [9.17, 15) is 9.18 Å². The van der Waals surface area contributed by atoms with Crippen LogP contribution in [0.1, 0.15) is 10.7 Å². The number of nitrogens with one attached hydrogen (secondary N) is 3. The molecule has 1 heterocycles. The third-order valence-corrected chi connectivity index (χ3v) is 3.91. The molecule has 0 spiro atoms. The molecule has 3 N–H and O–H groups in total. The van der Waals surface area contributed by atoms with Gasteiger partial charge in [-0.3, -0.25) is 9.79 Å². The topological polar surface area (TPSA) is 78.4 Å². The van der Waals surface area contributed by atoms with Gasteiger partial charge in [0.1, 0.15) is 5.82 Å². The number of nitrogens with zero attached hydrogens (tertiary/aromatic N) is 2. The zero-order valence-corrected chi connectivity index (χ0v) is 17.2. The van der Waals surface area contributed by atoms with Crippen LogP contribution in [0.3, 0.4) is 0 Å². The van der Waals surface area contributed by atoms with E-state index in [2.05, 4.69) is 25.9 Å². The van der Waals surface area contributed by atoms with Crippen molar-refractivity contribution < 1.29 is 9.18 Å². The standard InChI is InChI=1S/C16H20FN5OS.HI/c1-11-21-14(10-24-11)6-7-19-16(18-2)20-9-15(23)22-13-5-3-4-12(17)8-13;/h3-5,8,10H,6-7,9H2,1-2H3,(H,22,23)(H2,18,19,20);1H. The summed E-state index contributed by atoms with van der Waals surface area (Å²) in [6, 6.07) is 5.76. The highest BCUT2D eigenvalue weighted by Gasteiger charge is 2.05. The Bertz CT molecular complexity index is 722. The maximum Gasteiger partial charge on any atom is 0.243 e. The molecule has 2 rings (SSSR count). The molecule has 0 saturated heterocycles. The van der Waals surface area contributed by atoms with E-state index < -0.39 is 5.82 Å². The van der Waals surface area contributed by atoms with E-state index in [4.69, 9.17) is 0 Å². The monoisotopic (exact) mass is 477 g/mol. The predicted molar refractivity (Wildman–Crippen MR) is 110 cm³/mol. The number of aryl methyl sites for hydroxylation is 1. The smallest absolute Gasteiger partial charge is 0.243 e. The van der Waals surface area contributed by atoms with Crippen LogP contribution < -0.4 is 16.0 Å². The number of carbonyl (C=O) groups is 1. The second-order valence-electron chi connectivity index (χ2n) is 5.02. The van der Waals surface area contributed by atoms with Crippen molar-refractivity contribution in [3.8, 4) is 0 Å². The zero-order valence-electron chi connectivity index (χ0n) is 14.0. The summed E-state index contributed by atoms with van der Waals surface area (Å²) >= 11 is 1.62. The second kappa shape index (κ2) is 11.0. The lowest BCUT2D eigenvalue weighted by atomic mass is 10.3. The van der Waals surface area contributed by atoms with E-state index in [1.807, 2.05) is 12.3 Å². The molecule has 1 aromatic heterocycles. The number of aliphatic imine (C=N–C) groups is 1. The molecule has 0 aliphatic rings. The molecule has 1 amide bonds. The minimum absolute atomic E-state index is 0. The van der Waals surface area contributed by atoms with Gasteiger partial charge in [0, 0.05) is 31.1 Å². The fraction of sp³-hybridized carbons (Fsp3) is 0.312. The second-order valence-corrected chi connectivity index (χ2v) is 6.08. The van der Waals surface area contributed by atoms with Crippen LogP contribution in [0.25, 0.3) is 0 Å². The van der Waals surface area contributed by atoms with Gasteiger partial charge in [0.2, 0.25) is 5.91 Å². The van der Waals surface area contributed by atoms with Crippen LogP contribution in [0.2, 0.25) is 0 Å². The van der Waals surface area contributed by atoms with Crippen molar-refractivity contribution in [1.82, 2.24) is 15.6 Å². The molecular formula is C16H21FIN5OS. The lowest BCUT2D eigenvalue weighted by Gasteiger charge is -2.11. The quantitative estimate of drug-likeness (QED) is 0.340. The molecule has 0 aliphatic heterocycles. The van der Waals surface area contributed by atoms with Crippen LogP contribution in [0.4, 0.5) is 10.1 Å². The molecule has 1 aromatic carbocycles. The van der Waals surface area contributed by atoms with Crippen LogP contribution in [-0.2, 0) is 11.2 Å². The highest BCUT2D eigenvalue weighted by atomic mass is 127. The number of hydrogen-bond donors (Lipinski definition) is 3. The van der Waals surface area contributed by atoms with Crippen molar-refractivity contribution in [2.24, 2.45) is 4.99 Å². The first-order valence-corrected chi connectivity index (χ1v) is 8.35. The molecular weight excluding hydrogens is 456 g/mol. The molecule has 136 valence electrons. The number of thiazole rings is 1. The lowest BCUT2D eigenvalue weighted by Crippen LogP contribution is -2.42. The Morgan fingerprint density at radius 2 is 2.16 bits per heavy atom. The Labute approximate surface area is 167 Å². The fourth-order valence-electron chi connectivity index (χ4n) is 1.99. The van der Waals surface area contributed by atoms with Gasteiger partial charge in [-0.1, -0.05) is 6.07 Å². The minimum atomic E-state index is -0.393. The average molecular weight is 477 g/mol. The summed E-state index contributed by atoms with van der Waals surface area (Å²) in [7, 11) is 1.63. The summed E-state index contributed by atoms with van der Waals surface area (Å²) in [5.41, 5.74) is 1.45. The normalized spacial score (nSPS) is 10.8. The average Bonchev–Trinajstić information content (AvgIpc) is 2.96. The summed E-state index contributed by atoms with van der Waals surface area (Å²) < 4.78 is 13.1. The van der Waals surface area contributed by atoms with Crippen LogP contribution >= 0.6 is 35.3 Å². The van der Waals surface area contributed by atoms with Crippen LogP contribution in [0.15, 0.2) is 34.6 Å². The van der Waals surface area contributed by atoms with Gasteiger partial charge in [-0.25, -0.2) is 9.37 Å². The predicted octanol–water partition coefficient (Wildman–Crippen LogP) is 2.55. The van der Waals surface area contributed by atoms with Crippen molar-refractivity contribution in [1.29, 1.82) is 0 Å². The number of halogens is 2. The van der Waals surface area contributed by atoms with E-state index in [-0.39, 0.29) is 36.4 Å². The summed E-state index contributed by atoms with van der Waals surface area (Å²) in [6.45, 7) is 2.67. The zero-order chi connectivity index (χ0) is 17.4. The van der Waals surface area contributed by atoms with Gasteiger partial charge in [-0.15, -0.1) is 35.3 Å². The summed E-state index contributed by atoms with van der Waals surface area (Å²) in [5, 5.41) is 11.7. The van der Waals surface area contributed by atoms with E-state index in [0.717, 1.165) is 17.1 Å². The van der Waals surface area contributed by atoms with Gasteiger partial charge in [-0.05, 0) is 25.1 Å². The summed E-state index contributed by atoms with van der Waals surface area (Å²) in [5.74, 6) is -0.148. The minimum Gasteiger partial charge on any atom is -0.356 e. The molecule has 0 bridgehead atoms. The number of carbonyl (C=O) groups excluding carboxylic acids is 1. The Hall–Kier alpha value is -1.75. The fourth-order valence-corrected chi connectivity index (χ4v) is 2.64. The third-order valence-electron chi connectivity index (χ3n) is 3.09. The Kier molecular flexibility index (Phi) is 9.35. The Morgan fingerprint density at radius 3 is 2.80 bits per heavy atom. The Morgan fingerprint density at radius 1 is 1.36 bits per heavy atom. The van der Waals surface area contributed by atoms with E-state index in [1.54, 1.807) is 30.5 Å². The molecule has 0 unspecified atom stereocenters. The Balaban J connectivity index is 0.00000312. The van der Waals surface area contributed by atoms with Crippen molar-refractivity contribution in [3.05, 3.63) is 46.2 Å². The number of aromatic nitrogens is 1. The first-order valence-electron chi connectivity index (χ1n) is 7.48. The molecule has 0 fully saturated rings. The number of hydrogen-bond acceptors (Lipinski definition) is 4. The van der Waals surface area contributed by atoms with Gasteiger partial charge in [0.05, 0.1) is 17.2 Å². The van der Waals surface area contributed by atoms with Crippen LogP contribution in [-0.4, -0.2) is 37.0 Å². The van der Waals surface area contributed by atoms with Gasteiger partial charge in [0.25, 0.3) is 0 Å². The van der Waals surface area contributed by atoms with Gasteiger partial charge in [0.15, 0.2) is 5.96 Å². The largest absolute Gasteiger partial charge is 0.356 e. The van der Waals surface area contributed by atoms with Crippen molar-refractivity contribution >= 4 is 52.9 Å². The van der Waals surface area contributed by atoms with Gasteiger partial charge < -0.3 is 16.0 Å². The molecule has 25 heavy (non-hydrogen) atoms. The molecule has 0 radical (unpaired) electrons. The van der Waals surface area contributed by atoms with Crippen LogP contribution in [0, 0.1) is 12.7 Å². The first kappa shape index (κ1) is 21.3. The van der Waals surface area contributed by atoms with Crippen molar-refractivity contribution in [2.75, 3.05) is 25.5 Å². The van der Waals surface area contributed by atoms with Crippen molar-refractivity contribution in [3.63, 3.8) is 0 Å². The molecule has 2 aromatic rings. The van der Waals surface area contributed by atoms with E-state index in [1.165, 1.54) is 12.1 Å². The number of guanidine groups is 1. The molecule has 0 aliphatic carbocycles. The summed E-state index contributed by atoms with van der Waals surface area (Å²) in [4.78, 5) is 20.3. The molecule has 9 heteroatoms. The number of anilines is 1. The highest BCUT2D eigenvalue weighted by Crippen LogP contribution is 2.08. The number of rotatable bonds is 6. The SMILES string of the molecule is CN=C(NCCc1csc(C)n1)NCC(=O)Nc1cccc(F)c1.I. The molecule has 0 saturated carbocycles. The number of amides is 1. The van der Waals surface area contributed by atoms with Gasteiger partial charge >= 0.3 is 0 Å². The van der Waals surface area contributed by atoms with Gasteiger partial charge in [-0.2, -0.15) is 0 Å². The van der Waals surface area contributed by atoms with Crippen LogP contribution in [0.5, 0.6) is 0 Å². The van der Waals surface area contributed by atoms with Crippen molar-refractivity contribution in [2.45, 2.75) is 13.3 Å². The third kappa shape index (κ3) is 7.78. The lowest BCUT2D eigenvalue weighted by molar-refractivity contribution is -0.115. The molecule has 0 atom stereocenters. The number of benzene rings is 1.